The van der Waals surface area contributed by atoms with Crippen LogP contribution in [0.4, 0.5) is 0 Å². The molecule has 0 amide bonds. The van der Waals surface area contributed by atoms with Crippen LogP contribution in [0, 0.1) is 0 Å². The second kappa shape index (κ2) is 4.65. The van der Waals surface area contributed by atoms with Gasteiger partial charge in [0, 0.05) is 0 Å². The first kappa shape index (κ1) is 15.2. The second-order valence-electron chi connectivity index (χ2n) is 4.34. The number of Topliss-reactive ketones (excluding diaryl/α,β-unsaturated/α-hetero) is 2. The fourth-order valence-electron chi connectivity index (χ4n) is 1.99. The molecule has 5 atom stereocenters. The van der Waals surface area contributed by atoms with Crippen LogP contribution in [0.2, 0.25) is 0 Å². The lowest BCUT2D eigenvalue weighted by atomic mass is 9.73. The van der Waals surface area contributed by atoms with Crippen molar-refractivity contribution in [2.24, 2.45) is 0 Å². The molecule has 1 aliphatic heterocycles. The van der Waals surface area contributed by atoms with E-state index in [0.717, 1.165) is 13.8 Å². The number of aliphatic hydroxyl groups is 5. The third-order valence-electron chi connectivity index (χ3n) is 3.31. The number of hydrogen-bond acceptors (Lipinski definition) is 8. The van der Waals surface area contributed by atoms with E-state index in [2.05, 4.69) is 0 Å². The number of rotatable bonds is 3. The highest BCUT2D eigenvalue weighted by Crippen LogP contribution is 2.37. The maximum Gasteiger partial charge on any atom is 0.185 e. The molecule has 8 nitrogen and oxygen atoms in total. The van der Waals surface area contributed by atoms with E-state index in [1.165, 1.54) is 0 Å². The van der Waals surface area contributed by atoms with Crippen LogP contribution in [0.1, 0.15) is 13.8 Å². The summed E-state index contributed by atoms with van der Waals surface area (Å²) >= 11 is 0. The first-order valence-electron chi connectivity index (χ1n) is 5.22. The molecule has 1 aliphatic rings. The average molecular weight is 264 g/mol. The molecule has 18 heavy (non-hydrogen) atoms. The van der Waals surface area contributed by atoms with Crippen molar-refractivity contribution in [2.45, 2.75) is 43.5 Å². The van der Waals surface area contributed by atoms with E-state index in [1.807, 2.05) is 0 Å². The zero-order valence-electron chi connectivity index (χ0n) is 9.90. The van der Waals surface area contributed by atoms with Crippen molar-refractivity contribution in [2.75, 3.05) is 6.61 Å². The largest absolute Gasteiger partial charge is 0.393 e. The van der Waals surface area contributed by atoms with E-state index in [9.17, 15) is 35.1 Å². The number of carbonyl (C=O) groups excluding carboxylic acids is 2. The number of aliphatic hydroxyl groups excluding tert-OH is 4. The number of ether oxygens (including phenoxy) is 1. The van der Waals surface area contributed by atoms with Crippen LogP contribution in [0.3, 0.4) is 0 Å². The molecule has 1 saturated heterocycles. The minimum Gasteiger partial charge on any atom is -0.393 e. The molecular weight excluding hydrogens is 248 g/mol. The van der Waals surface area contributed by atoms with Gasteiger partial charge in [0.05, 0.1) is 6.61 Å². The third kappa shape index (κ3) is 1.78. The SMILES string of the molecule is CC(=O)[C@@]1(O)[C@@H](O)C(O)O[C@@](CO)(C(C)=O)[C@H]1O. The maximum absolute atomic E-state index is 11.5. The Morgan fingerprint density at radius 2 is 1.67 bits per heavy atom. The Morgan fingerprint density at radius 1 is 1.17 bits per heavy atom. The van der Waals surface area contributed by atoms with Gasteiger partial charge in [0.25, 0.3) is 0 Å². The van der Waals surface area contributed by atoms with Crippen molar-refractivity contribution < 1.29 is 39.9 Å². The lowest BCUT2D eigenvalue weighted by molar-refractivity contribution is -0.335. The number of hydrogen-bond donors (Lipinski definition) is 5. The zero-order chi connectivity index (χ0) is 14.3. The Kier molecular flexibility index (Phi) is 3.92. The van der Waals surface area contributed by atoms with Crippen molar-refractivity contribution in [3.63, 3.8) is 0 Å². The Balaban J connectivity index is 3.37. The summed E-state index contributed by atoms with van der Waals surface area (Å²) in [5.74, 6) is -1.97. The molecule has 0 saturated carbocycles. The first-order valence-corrected chi connectivity index (χ1v) is 5.22. The highest BCUT2D eigenvalue weighted by Gasteiger charge is 2.65. The van der Waals surface area contributed by atoms with Crippen LogP contribution in [0.5, 0.6) is 0 Å². The van der Waals surface area contributed by atoms with Gasteiger partial charge in [-0.25, -0.2) is 0 Å². The summed E-state index contributed by atoms with van der Waals surface area (Å²) in [5, 5.41) is 48.1. The van der Waals surface area contributed by atoms with Crippen LogP contribution >= 0.6 is 0 Å². The molecule has 0 bridgehead atoms. The van der Waals surface area contributed by atoms with Crippen LogP contribution < -0.4 is 0 Å². The van der Waals surface area contributed by atoms with Crippen molar-refractivity contribution in [3.8, 4) is 0 Å². The van der Waals surface area contributed by atoms with E-state index < -0.39 is 47.9 Å². The van der Waals surface area contributed by atoms with E-state index in [-0.39, 0.29) is 0 Å². The van der Waals surface area contributed by atoms with Crippen molar-refractivity contribution in [1.29, 1.82) is 0 Å². The van der Waals surface area contributed by atoms with Gasteiger partial charge >= 0.3 is 0 Å². The molecule has 1 rings (SSSR count). The smallest absolute Gasteiger partial charge is 0.185 e. The van der Waals surface area contributed by atoms with Gasteiger partial charge in [-0.15, -0.1) is 0 Å². The quantitative estimate of drug-likeness (QED) is 0.356. The number of ketones is 2. The average Bonchev–Trinajstić information content (AvgIpc) is 2.30. The van der Waals surface area contributed by atoms with E-state index in [1.54, 1.807) is 0 Å². The molecular formula is C10H16O8. The molecule has 0 aromatic rings. The molecule has 8 heteroatoms. The summed E-state index contributed by atoms with van der Waals surface area (Å²) in [4.78, 5) is 22.8. The molecule has 0 spiro atoms. The highest BCUT2D eigenvalue weighted by atomic mass is 16.7. The van der Waals surface area contributed by atoms with E-state index >= 15 is 0 Å². The van der Waals surface area contributed by atoms with Crippen molar-refractivity contribution >= 4 is 11.6 Å². The predicted octanol–water partition coefficient (Wildman–Crippen LogP) is -3.30. The molecule has 5 N–H and O–H groups in total. The van der Waals surface area contributed by atoms with Crippen LogP contribution in [0.25, 0.3) is 0 Å². The summed E-state index contributed by atoms with van der Waals surface area (Å²) in [6.07, 6.45) is -6.44. The third-order valence-corrected chi connectivity index (χ3v) is 3.31. The minimum atomic E-state index is -2.80. The molecule has 104 valence electrons. The molecule has 0 aliphatic carbocycles. The second-order valence-corrected chi connectivity index (χ2v) is 4.34. The zero-order valence-corrected chi connectivity index (χ0v) is 9.90. The molecule has 0 aromatic heterocycles. The van der Waals surface area contributed by atoms with Crippen LogP contribution in [0.15, 0.2) is 0 Å². The van der Waals surface area contributed by atoms with E-state index in [4.69, 9.17) is 4.74 Å². The van der Waals surface area contributed by atoms with Gasteiger partial charge in [0.1, 0.15) is 12.2 Å². The molecule has 1 heterocycles. The Morgan fingerprint density at radius 3 is 2.00 bits per heavy atom. The lowest BCUT2D eigenvalue weighted by Crippen LogP contribution is -2.76. The van der Waals surface area contributed by atoms with Gasteiger partial charge in [-0.3, -0.25) is 9.59 Å². The van der Waals surface area contributed by atoms with Gasteiger partial charge < -0.3 is 30.3 Å². The summed E-state index contributed by atoms with van der Waals surface area (Å²) in [5.41, 5.74) is -5.16. The lowest BCUT2D eigenvalue weighted by Gasteiger charge is -2.50. The molecule has 0 radical (unpaired) electrons. The molecule has 1 unspecified atom stereocenters. The Bertz CT molecular complexity index is 353. The fraction of sp³-hybridized carbons (Fsp3) is 0.800. The summed E-state index contributed by atoms with van der Waals surface area (Å²) in [6, 6.07) is 0. The fourth-order valence-corrected chi connectivity index (χ4v) is 1.99. The monoisotopic (exact) mass is 264 g/mol. The molecule has 1 fully saturated rings. The normalized spacial score (nSPS) is 44.7. The van der Waals surface area contributed by atoms with Gasteiger partial charge in [0.2, 0.25) is 0 Å². The van der Waals surface area contributed by atoms with Crippen LogP contribution in [-0.4, -0.2) is 73.4 Å². The standard InChI is InChI=1S/C10H16O8/c1-4(12)9(3-11)8(16)10(17,5(2)13)6(14)7(15)18-9/h6-8,11,14-17H,3H2,1-2H3/t6-,7?,8+,9-,10+/m0/s1. The topological polar surface area (TPSA) is 145 Å². The Labute approximate surface area is 102 Å². The summed E-state index contributed by atoms with van der Waals surface area (Å²) in [6.45, 7) is 0.750. The predicted molar refractivity (Wildman–Crippen MR) is 55.2 cm³/mol. The highest BCUT2D eigenvalue weighted by molar-refractivity contribution is 5.92. The van der Waals surface area contributed by atoms with Gasteiger partial charge in [0.15, 0.2) is 29.1 Å². The van der Waals surface area contributed by atoms with Crippen molar-refractivity contribution in [3.05, 3.63) is 0 Å². The first-order chi connectivity index (χ1) is 8.14. The Hall–Kier alpha value is -0.900. The van der Waals surface area contributed by atoms with Gasteiger partial charge in [-0.2, -0.15) is 0 Å². The number of carbonyl (C=O) groups is 2. The minimum absolute atomic E-state index is 0.868. The summed E-state index contributed by atoms with van der Waals surface area (Å²) < 4.78 is 4.70. The van der Waals surface area contributed by atoms with Gasteiger partial charge in [-0.05, 0) is 13.8 Å². The van der Waals surface area contributed by atoms with E-state index in [0.29, 0.717) is 0 Å². The van der Waals surface area contributed by atoms with Gasteiger partial charge in [-0.1, -0.05) is 0 Å². The molecule has 0 aromatic carbocycles. The van der Waals surface area contributed by atoms with Crippen molar-refractivity contribution in [1.82, 2.24) is 0 Å². The van der Waals surface area contributed by atoms with Crippen LogP contribution in [-0.2, 0) is 14.3 Å². The summed E-state index contributed by atoms with van der Waals surface area (Å²) in [7, 11) is 0. The maximum atomic E-state index is 11.5.